The number of nitrogens with one attached hydrogen (secondary N) is 2. The summed E-state index contributed by atoms with van der Waals surface area (Å²) >= 11 is 1.51. The third-order valence-electron chi connectivity index (χ3n) is 3.11. The summed E-state index contributed by atoms with van der Waals surface area (Å²) in [4.78, 5) is 31.7. The van der Waals surface area contributed by atoms with E-state index in [1.54, 1.807) is 6.20 Å². The van der Waals surface area contributed by atoms with Crippen molar-refractivity contribution in [3.8, 4) is 0 Å². The molecular weight excluding hydrogens is 280 g/mol. The smallest absolute Gasteiger partial charge is 0.327 e. The highest BCUT2D eigenvalue weighted by Gasteiger charge is 2.42. The van der Waals surface area contributed by atoms with E-state index >= 15 is 0 Å². The molecule has 8 heteroatoms. The van der Waals surface area contributed by atoms with Crippen LogP contribution in [0.1, 0.15) is 19.5 Å². The number of carboxylic acids is 1. The van der Waals surface area contributed by atoms with Gasteiger partial charge in [-0.2, -0.15) is 0 Å². The van der Waals surface area contributed by atoms with E-state index in [9.17, 15) is 14.7 Å². The number of carbonyl (C=O) groups excluding carboxylic acids is 1. The van der Waals surface area contributed by atoms with Gasteiger partial charge in [-0.05, 0) is 5.92 Å². The Balaban J connectivity index is 2.04. The highest BCUT2D eigenvalue weighted by atomic mass is 32.2. The van der Waals surface area contributed by atoms with Crippen LogP contribution in [0.15, 0.2) is 12.5 Å². The van der Waals surface area contributed by atoms with Crippen molar-refractivity contribution in [2.45, 2.75) is 31.8 Å². The predicted octanol–water partition coefficient (Wildman–Crippen LogP) is 1.10. The maximum absolute atomic E-state index is 12.3. The Morgan fingerprint density at radius 1 is 1.65 bits per heavy atom. The van der Waals surface area contributed by atoms with Crippen molar-refractivity contribution >= 4 is 23.8 Å². The molecule has 20 heavy (non-hydrogen) atoms. The lowest BCUT2D eigenvalue weighted by molar-refractivity contribution is -0.141. The number of nitrogens with zero attached hydrogens (tertiary/aromatic N) is 2. The summed E-state index contributed by atoms with van der Waals surface area (Å²) in [5.74, 6) is -0.338. The summed E-state index contributed by atoms with van der Waals surface area (Å²) in [7, 11) is 0. The second-order valence-electron chi connectivity index (χ2n) is 4.96. The molecule has 7 nitrogen and oxygen atoms in total. The minimum absolute atomic E-state index is 0.113. The van der Waals surface area contributed by atoms with Crippen molar-refractivity contribution in [2.24, 2.45) is 5.92 Å². The minimum Gasteiger partial charge on any atom is -0.480 e. The number of urea groups is 1. The number of H-pyrrole nitrogens is 1. The van der Waals surface area contributed by atoms with Gasteiger partial charge < -0.3 is 15.4 Å². The molecule has 1 fully saturated rings. The molecular formula is C12H18N4O3S. The van der Waals surface area contributed by atoms with Gasteiger partial charge in [-0.3, -0.25) is 4.90 Å². The first-order valence-electron chi connectivity index (χ1n) is 6.38. The third-order valence-corrected chi connectivity index (χ3v) is 4.73. The lowest BCUT2D eigenvalue weighted by Gasteiger charge is -2.29. The molecule has 1 aliphatic heterocycles. The van der Waals surface area contributed by atoms with E-state index in [0.29, 0.717) is 12.3 Å². The molecule has 0 aliphatic carbocycles. The Morgan fingerprint density at radius 3 is 2.95 bits per heavy atom. The first-order valence-corrected chi connectivity index (χ1v) is 7.43. The van der Waals surface area contributed by atoms with Crippen molar-refractivity contribution in [1.29, 1.82) is 0 Å². The summed E-state index contributed by atoms with van der Waals surface area (Å²) in [5, 5.41) is 11.9. The number of imidazole rings is 1. The van der Waals surface area contributed by atoms with Gasteiger partial charge in [0.2, 0.25) is 0 Å². The van der Waals surface area contributed by atoms with Crippen LogP contribution in [0.25, 0.3) is 0 Å². The van der Waals surface area contributed by atoms with Gasteiger partial charge in [0.1, 0.15) is 6.04 Å². The Hall–Kier alpha value is -1.70. The van der Waals surface area contributed by atoms with Crippen LogP contribution in [0.4, 0.5) is 4.79 Å². The highest BCUT2D eigenvalue weighted by molar-refractivity contribution is 8.00. The normalized spacial score (nSPS) is 22.2. The predicted molar refractivity (Wildman–Crippen MR) is 75.2 cm³/mol. The maximum atomic E-state index is 12.3. The van der Waals surface area contributed by atoms with Gasteiger partial charge in [0.05, 0.1) is 23.9 Å². The van der Waals surface area contributed by atoms with Crippen molar-refractivity contribution in [3.05, 3.63) is 18.2 Å². The van der Waals surface area contributed by atoms with Crippen molar-refractivity contribution < 1.29 is 14.7 Å². The quantitative estimate of drug-likeness (QED) is 0.773. The molecule has 0 spiro atoms. The van der Waals surface area contributed by atoms with Gasteiger partial charge in [-0.15, -0.1) is 11.8 Å². The van der Waals surface area contributed by atoms with Gasteiger partial charge in [0.25, 0.3) is 0 Å². The van der Waals surface area contributed by atoms with Crippen LogP contribution >= 0.6 is 11.8 Å². The second kappa shape index (κ2) is 6.17. The van der Waals surface area contributed by atoms with Gasteiger partial charge in [0, 0.05) is 11.9 Å². The Bertz CT molecular complexity index is 477. The summed E-state index contributed by atoms with van der Waals surface area (Å²) in [6, 6.07) is -1.12. The van der Waals surface area contributed by atoms with Crippen LogP contribution in [-0.2, 0) is 11.3 Å². The van der Waals surface area contributed by atoms with Gasteiger partial charge in [-0.25, -0.2) is 14.6 Å². The number of aliphatic carboxylic acids is 1. The Labute approximate surface area is 121 Å². The summed E-state index contributed by atoms with van der Waals surface area (Å²) in [5.41, 5.74) is 0.776. The number of rotatable bonds is 4. The first-order chi connectivity index (χ1) is 9.50. The lowest BCUT2D eigenvalue weighted by atomic mass is 10.2. The number of carbonyl (C=O) groups is 2. The largest absolute Gasteiger partial charge is 0.480 e. The standard InChI is InChI=1S/C12H18N4O3S/c1-7(2)10-16(9(5-20-10)11(17)18)12(19)14-4-8-3-13-6-15-8/h3,6-7,9-10H,4-5H2,1-2H3,(H,13,15)(H,14,19)(H,17,18). The lowest BCUT2D eigenvalue weighted by Crippen LogP contribution is -2.51. The molecule has 3 N–H and O–H groups in total. The van der Waals surface area contributed by atoms with Crippen molar-refractivity contribution in [3.63, 3.8) is 0 Å². The molecule has 110 valence electrons. The van der Waals surface area contributed by atoms with Gasteiger partial charge in [-0.1, -0.05) is 13.8 Å². The number of aromatic amines is 1. The summed E-state index contributed by atoms with van der Waals surface area (Å²) < 4.78 is 0. The average molecular weight is 298 g/mol. The molecule has 2 rings (SSSR count). The first kappa shape index (κ1) is 14.7. The van der Waals surface area contributed by atoms with Crippen LogP contribution in [0.5, 0.6) is 0 Å². The van der Waals surface area contributed by atoms with E-state index in [4.69, 9.17) is 0 Å². The zero-order valence-corrected chi connectivity index (χ0v) is 12.2. The number of aromatic nitrogens is 2. The summed E-state index contributed by atoms with van der Waals surface area (Å²) in [6.07, 6.45) is 3.15. The van der Waals surface area contributed by atoms with Gasteiger partial charge >= 0.3 is 12.0 Å². The number of hydrogen-bond donors (Lipinski definition) is 3. The number of amides is 2. The van der Waals surface area contributed by atoms with E-state index in [0.717, 1.165) is 5.69 Å². The Kier molecular flexibility index (Phi) is 4.53. The molecule has 0 aromatic carbocycles. The molecule has 2 heterocycles. The van der Waals surface area contributed by atoms with E-state index in [1.165, 1.54) is 23.0 Å². The fourth-order valence-electron chi connectivity index (χ4n) is 2.13. The fourth-order valence-corrected chi connectivity index (χ4v) is 3.60. The zero-order chi connectivity index (χ0) is 14.7. The number of carboxylic acid groups (broad SMARTS) is 1. The van der Waals surface area contributed by atoms with Crippen LogP contribution < -0.4 is 5.32 Å². The Morgan fingerprint density at radius 2 is 2.40 bits per heavy atom. The van der Waals surface area contributed by atoms with Crippen LogP contribution in [-0.4, -0.2) is 49.1 Å². The van der Waals surface area contributed by atoms with Crippen LogP contribution in [0, 0.1) is 5.92 Å². The molecule has 0 saturated carbocycles. The van der Waals surface area contributed by atoms with Crippen LogP contribution in [0.3, 0.4) is 0 Å². The third kappa shape index (κ3) is 3.06. The van der Waals surface area contributed by atoms with Crippen molar-refractivity contribution in [1.82, 2.24) is 20.2 Å². The molecule has 2 atom stereocenters. The molecule has 2 unspecified atom stereocenters. The van der Waals surface area contributed by atoms with E-state index in [1.807, 2.05) is 13.8 Å². The SMILES string of the molecule is CC(C)C1SCC(C(=O)O)N1C(=O)NCc1cnc[nH]1. The highest BCUT2D eigenvalue weighted by Crippen LogP contribution is 2.34. The van der Waals surface area contributed by atoms with Gasteiger partial charge in [0.15, 0.2) is 0 Å². The fraction of sp³-hybridized carbons (Fsp3) is 0.583. The molecule has 2 amide bonds. The molecule has 0 radical (unpaired) electrons. The molecule has 0 bridgehead atoms. The second-order valence-corrected chi connectivity index (χ2v) is 6.11. The molecule has 1 aromatic rings. The topological polar surface area (TPSA) is 98.3 Å². The zero-order valence-electron chi connectivity index (χ0n) is 11.4. The molecule has 1 aliphatic rings. The maximum Gasteiger partial charge on any atom is 0.327 e. The van der Waals surface area contributed by atoms with E-state index in [-0.39, 0.29) is 17.3 Å². The molecule has 1 saturated heterocycles. The minimum atomic E-state index is -0.961. The average Bonchev–Trinajstić information content (AvgIpc) is 3.04. The van der Waals surface area contributed by atoms with E-state index in [2.05, 4.69) is 15.3 Å². The monoisotopic (exact) mass is 298 g/mol. The van der Waals surface area contributed by atoms with Crippen LogP contribution in [0.2, 0.25) is 0 Å². The molecule has 1 aromatic heterocycles. The summed E-state index contributed by atoms with van der Waals surface area (Å²) in [6.45, 7) is 4.27. The number of thioether (sulfide) groups is 1. The van der Waals surface area contributed by atoms with Crippen molar-refractivity contribution in [2.75, 3.05) is 5.75 Å². The number of hydrogen-bond acceptors (Lipinski definition) is 4. The van der Waals surface area contributed by atoms with E-state index < -0.39 is 12.0 Å².